The first-order chi connectivity index (χ1) is 9.78. The number of halogens is 1. The van der Waals surface area contributed by atoms with E-state index in [0.29, 0.717) is 17.6 Å². The molecule has 0 aliphatic carbocycles. The van der Waals surface area contributed by atoms with E-state index in [2.05, 4.69) is 15.0 Å². The van der Waals surface area contributed by atoms with E-state index in [9.17, 15) is 0 Å². The van der Waals surface area contributed by atoms with E-state index in [1.54, 1.807) is 19.4 Å². The molecule has 3 aromatic rings. The third-order valence-electron chi connectivity index (χ3n) is 2.97. The number of pyridine rings is 1. The van der Waals surface area contributed by atoms with Crippen LogP contribution >= 0.6 is 11.6 Å². The molecular weight excluding hydrogens is 274 g/mol. The van der Waals surface area contributed by atoms with Crippen LogP contribution in [-0.4, -0.2) is 22.1 Å². The van der Waals surface area contributed by atoms with Crippen molar-refractivity contribution in [2.45, 2.75) is 6.61 Å². The summed E-state index contributed by atoms with van der Waals surface area (Å²) in [6.45, 7) is 0.333. The van der Waals surface area contributed by atoms with Gasteiger partial charge in [-0.05, 0) is 11.5 Å². The van der Waals surface area contributed by atoms with Crippen molar-refractivity contribution in [3.8, 4) is 11.3 Å². The average molecular weight is 286 g/mol. The summed E-state index contributed by atoms with van der Waals surface area (Å²) in [5.41, 5.74) is 1.79. The molecule has 4 nitrogen and oxygen atoms in total. The van der Waals surface area contributed by atoms with Gasteiger partial charge in [0.05, 0.1) is 5.69 Å². The summed E-state index contributed by atoms with van der Waals surface area (Å²) < 4.78 is 5.07. The minimum atomic E-state index is 0.333. The molecule has 20 heavy (non-hydrogen) atoms. The normalized spacial score (nSPS) is 10.9. The van der Waals surface area contributed by atoms with Crippen molar-refractivity contribution < 1.29 is 4.74 Å². The summed E-state index contributed by atoms with van der Waals surface area (Å²) in [6.07, 6.45) is 3.60. The highest BCUT2D eigenvalue weighted by Crippen LogP contribution is 2.28. The van der Waals surface area contributed by atoms with Crippen LogP contribution in [0.2, 0.25) is 5.15 Å². The van der Waals surface area contributed by atoms with Crippen LogP contribution in [0.3, 0.4) is 0 Å². The number of methoxy groups -OCH3 is 1. The third-order valence-corrected chi connectivity index (χ3v) is 3.16. The minimum absolute atomic E-state index is 0.333. The summed E-state index contributed by atoms with van der Waals surface area (Å²) >= 11 is 6.07. The molecule has 0 aliphatic heterocycles. The number of hydrogen-bond acceptors (Lipinski definition) is 4. The molecule has 5 heteroatoms. The Bertz CT molecular complexity index is 756. The highest BCUT2D eigenvalue weighted by Gasteiger charge is 2.08. The first-order valence-corrected chi connectivity index (χ1v) is 6.51. The van der Waals surface area contributed by atoms with Gasteiger partial charge in [-0.25, -0.2) is 9.97 Å². The Kier molecular flexibility index (Phi) is 3.58. The quantitative estimate of drug-likeness (QED) is 0.691. The number of ether oxygens (including phenoxy) is 1. The number of aromatic nitrogens is 3. The average Bonchev–Trinajstić information content (AvgIpc) is 2.46. The molecular formula is C15H12ClN3O. The predicted molar refractivity (Wildman–Crippen MR) is 78.5 cm³/mol. The maximum atomic E-state index is 6.07. The fourth-order valence-electron chi connectivity index (χ4n) is 2.14. The van der Waals surface area contributed by atoms with Crippen molar-refractivity contribution in [1.82, 2.24) is 15.0 Å². The molecule has 0 saturated heterocycles. The van der Waals surface area contributed by atoms with Gasteiger partial charge in [0.15, 0.2) is 5.82 Å². The second-order valence-electron chi connectivity index (χ2n) is 4.33. The van der Waals surface area contributed by atoms with Gasteiger partial charge in [0.2, 0.25) is 0 Å². The minimum Gasteiger partial charge on any atom is -0.377 e. The Morgan fingerprint density at radius 3 is 2.95 bits per heavy atom. The highest BCUT2D eigenvalue weighted by atomic mass is 35.5. The zero-order valence-corrected chi connectivity index (χ0v) is 11.6. The lowest BCUT2D eigenvalue weighted by Crippen LogP contribution is -1.99. The second-order valence-corrected chi connectivity index (χ2v) is 4.71. The van der Waals surface area contributed by atoms with Crippen molar-refractivity contribution >= 4 is 22.4 Å². The largest absolute Gasteiger partial charge is 0.377 e. The van der Waals surface area contributed by atoms with Gasteiger partial charge in [-0.2, -0.15) is 0 Å². The van der Waals surface area contributed by atoms with Crippen molar-refractivity contribution in [1.29, 1.82) is 0 Å². The SMILES string of the molecule is COCc1nc(Cl)cc(-c2cccc3cnccc23)n1. The Balaban J connectivity index is 2.20. The Labute approximate surface area is 121 Å². The number of benzene rings is 1. The van der Waals surface area contributed by atoms with Gasteiger partial charge < -0.3 is 4.74 Å². The zero-order chi connectivity index (χ0) is 13.9. The van der Waals surface area contributed by atoms with E-state index >= 15 is 0 Å². The van der Waals surface area contributed by atoms with Crippen molar-refractivity contribution in [2.24, 2.45) is 0 Å². The molecule has 0 bridgehead atoms. The van der Waals surface area contributed by atoms with E-state index < -0.39 is 0 Å². The van der Waals surface area contributed by atoms with E-state index in [0.717, 1.165) is 22.0 Å². The Morgan fingerprint density at radius 1 is 1.20 bits per heavy atom. The van der Waals surface area contributed by atoms with Gasteiger partial charge in [-0.15, -0.1) is 0 Å². The molecule has 1 aromatic carbocycles. The lowest BCUT2D eigenvalue weighted by molar-refractivity contribution is 0.178. The van der Waals surface area contributed by atoms with Crippen LogP contribution in [0.15, 0.2) is 42.7 Å². The molecule has 0 amide bonds. The molecule has 2 heterocycles. The summed E-state index contributed by atoms with van der Waals surface area (Å²) in [5.74, 6) is 0.570. The maximum absolute atomic E-state index is 6.07. The maximum Gasteiger partial charge on any atom is 0.156 e. The highest BCUT2D eigenvalue weighted by molar-refractivity contribution is 6.29. The van der Waals surface area contributed by atoms with Gasteiger partial charge in [0.1, 0.15) is 11.8 Å². The summed E-state index contributed by atoms with van der Waals surface area (Å²) in [7, 11) is 1.60. The number of hydrogen-bond donors (Lipinski definition) is 0. The van der Waals surface area contributed by atoms with Crippen LogP contribution < -0.4 is 0 Å². The van der Waals surface area contributed by atoms with Crippen LogP contribution in [0.25, 0.3) is 22.0 Å². The van der Waals surface area contributed by atoms with Crippen molar-refractivity contribution in [3.05, 3.63) is 53.7 Å². The molecule has 0 radical (unpaired) electrons. The molecule has 0 spiro atoms. The molecule has 0 N–H and O–H groups in total. The van der Waals surface area contributed by atoms with E-state index in [-0.39, 0.29) is 0 Å². The number of rotatable bonds is 3. The van der Waals surface area contributed by atoms with Crippen LogP contribution in [-0.2, 0) is 11.3 Å². The number of nitrogens with zero attached hydrogens (tertiary/aromatic N) is 3. The molecule has 2 aromatic heterocycles. The third kappa shape index (κ3) is 2.48. The molecule has 0 unspecified atom stereocenters. The zero-order valence-electron chi connectivity index (χ0n) is 10.9. The van der Waals surface area contributed by atoms with Crippen LogP contribution in [0.4, 0.5) is 0 Å². The van der Waals surface area contributed by atoms with Gasteiger partial charge in [-0.1, -0.05) is 29.8 Å². The van der Waals surface area contributed by atoms with Gasteiger partial charge >= 0.3 is 0 Å². The standard InChI is InChI=1S/C15H12ClN3O/c1-20-9-15-18-13(7-14(16)19-15)12-4-2-3-10-8-17-6-5-11(10)12/h2-8H,9H2,1H3. The van der Waals surface area contributed by atoms with E-state index in [4.69, 9.17) is 16.3 Å². The Hall–Kier alpha value is -2.04. The fraction of sp³-hybridized carbons (Fsp3) is 0.133. The first kappa shape index (κ1) is 13.0. The molecule has 0 atom stereocenters. The first-order valence-electron chi connectivity index (χ1n) is 6.13. The van der Waals surface area contributed by atoms with Crippen molar-refractivity contribution in [3.63, 3.8) is 0 Å². The van der Waals surface area contributed by atoms with E-state index in [1.807, 2.05) is 30.5 Å². The molecule has 0 saturated carbocycles. The van der Waals surface area contributed by atoms with Crippen LogP contribution in [0, 0.1) is 0 Å². The molecule has 0 fully saturated rings. The monoisotopic (exact) mass is 285 g/mol. The van der Waals surface area contributed by atoms with Gasteiger partial charge in [0, 0.05) is 36.5 Å². The lowest BCUT2D eigenvalue weighted by atomic mass is 10.0. The number of fused-ring (bicyclic) bond motifs is 1. The summed E-state index contributed by atoms with van der Waals surface area (Å²) in [4.78, 5) is 12.8. The van der Waals surface area contributed by atoms with Gasteiger partial charge in [0.25, 0.3) is 0 Å². The summed E-state index contributed by atoms with van der Waals surface area (Å²) in [6, 6.07) is 9.74. The predicted octanol–water partition coefficient (Wildman–Crippen LogP) is 3.49. The second kappa shape index (κ2) is 5.53. The lowest BCUT2D eigenvalue weighted by Gasteiger charge is -2.08. The topological polar surface area (TPSA) is 47.9 Å². The van der Waals surface area contributed by atoms with Crippen molar-refractivity contribution in [2.75, 3.05) is 7.11 Å². The Morgan fingerprint density at radius 2 is 2.10 bits per heavy atom. The van der Waals surface area contributed by atoms with E-state index in [1.165, 1.54) is 0 Å². The molecule has 100 valence electrons. The van der Waals surface area contributed by atoms with Crippen LogP contribution in [0.5, 0.6) is 0 Å². The fourth-order valence-corrected chi connectivity index (χ4v) is 2.34. The van der Waals surface area contributed by atoms with Crippen LogP contribution in [0.1, 0.15) is 5.82 Å². The molecule has 3 rings (SSSR count). The summed E-state index contributed by atoms with van der Waals surface area (Å²) in [5, 5.41) is 2.56. The smallest absolute Gasteiger partial charge is 0.156 e. The van der Waals surface area contributed by atoms with Gasteiger partial charge in [-0.3, -0.25) is 4.98 Å². The molecule has 0 aliphatic rings.